The van der Waals surface area contributed by atoms with E-state index in [1.54, 1.807) is 17.7 Å². The summed E-state index contributed by atoms with van der Waals surface area (Å²) in [6.07, 6.45) is 4.67. The van der Waals surface area contributed by atoms with E-state index in [0.717, 1.165) is 37.4 Å². The molecule has 2 rings (SSSR count). The van der Waals surface area contributed by atoms with Gasteiger partial charge in [-0.05, 0) is 30.7 Å². The van der Waals surface area contributed by atoms with Crippen molar-refractivity contribution < 1.29 is 0 Å². The Morgan fingerprint density at radius 1 is 1.19 bits per heavy atom. The number of hydrogen-bond acceptors (Lipinski definition) is 5. The summed E-state index contributed by atoms with van der Waals surface area (Å²) in [6.45, 7) is 7.43. The van der Waals surface area contributed by atoms with Gasteiger partial charge >= 0.3 is 0 Å². The molecule has 114 valence electrons. The van der Waals surface area contributed by atoms with Crippen LogP contribution in [-0.2, 0) is 6.42 Å². The average Bonchev–Trinajstić information content (AvgIpc) is 3.04. The number of anilines is 2. The minimum Gasteiger partial charge on any atom is -0.370 e. The summed E-state index contributed by atoms with van der Waals surface area (Å²) in [4.78, 5) is 10.2. The highest BCUT2D eigenvalue weighted by Gasteiger charge is 2.15. The lowest BCUT2D eigenvalue weighted by atomic mass is 10.1. The average molecular weight is 304 g/mol. The van der Waals surface area contributed by atoms with Crippen LogP contribution in [0, 0.1) is 0 Å². The monoisotopic (exact) mass is 304 g/mol. The van der Waals surface area contributed by atoms with Crippen LogP contribution in [-0.4, -0.2) is 16.5 Å². The first-order valence-electron chi connectivity index (χ1n) is 7.67. The maximum Gasteiger partial charge on any atom is 0.135 e. The summed E-state index contributed by atoms with van der Waals surface area (Å²) in [5.41, 5.74) is 1.17. The molecule has 2 N–H and O–H groups in total. The lowest BCUT2D eigenvalue weighted by molar-refractivity contribution is 0.754. The lowest BCUT2D eigenvalue weighted by Gasteiger charge is -2.19. The van der Waals surface area contributed by atoms with E-state index in [0.29, 0.717) is 6.04 Å². The summed E-state index contributed by atoms with van der Waals surface area (Å²) in [7, 11) is 0. The van der Waals surface area contributed by atoms with Crippen molar-refractivity contribution in [1.29, 1.82) is 0 Å². The zero-order valence-corrected chi connectivity index (χ0v) is 13.8. The first-order valence-corrected chi connectivity index (χ1v) is 8.55. The van der Waals surface area contributed by atoms with Crippen molar-refractivity contribution in [2.45, 2.75) is 46.1 Å². The van der Waals surface area contributed by atoms with Gasteiger partial charge in [0.25, 0.3) is 0 Å². The molecule has 0 amide bonds. The van der Waals surface area contributed by atoms with E-state index in [4.69, 9.17) is 0 Å². The number of nitrogens with one attached hydrogen (secondary N) is 2. The topological polar surface area (TPSA) is 49.8 Å². The predicted octanol–water partition coefficient (Wildman–Crippen LogP) is 4.49. The predicted molar refractivity (Wildman–Crippen MR) is 91.2 cm³/mol. The Balaban J connectivity index is 2.22. The van der Waals surface area contributed by atoms with Gasteiger partial charge in [-0.3, -0.25) is 0 Å². The van der Waals surface area contributed by atoms with Gasteiger partial charge in [-0.2, -0.15) is 0 Å². The molecule has 5 heteroatoms. The van der Waals surface area contributed by atoms with Crippen LogP contribution < -0.4 is 10.6 Å². The fraction of sp³-hybridized carbons (Fsp3) is 0.500. The standard InChI is InChI=1S/C16H24N4S/c1-4-9-17-15-12(5-2)16(19-11-18-15)20-13(6-3)14-8-7-10-21-14/h7-8,10-11,13H,4-6,9H2,1-3H3,(H2,17,18,19,20). The molecule has 0 radical (unpaired) electrons. The van der Waals surface area contributed by atoms with E-state index in [1.807, 2.05) is 0 Å². The molecule has 21 heavy (non-hydrogen) atoms. The summed E-state index contributed by atoms with van der Waals surface area (Å²) < 4.78 is 0. The molecular formula is C16H24N4S. The second-order valence-electron chi connectivity index (χ2n) is 4.95. The summed E-state index contributed by atoms with van der Waals surface area (Å²) in [5.74, 6) is 1.91. The van der Waals surface area contributed by atoms with E-state index in [2.05, 4.69) is 58.9 Å². The molecule has 0 fully saturated rings. The van der Waals surface area contributed by atoms with Crippen molar-refractivity contribution in [2.75, 3.05) is 17.2 Å². The van der Waals surface area contributed by atoms with Gasteiger partial charge in [-0.1, -0.05) is 26.8 Å². The summed E-state index contributed by atoms with van der Waals surface area (Å²) in [6, 6.07) is 4.58. The van der Waals surface area contributed by atoms with Gasteiger partial charge in [-0.15, -0.1) is 11.3 Å². The van der Waals surface area contributed by atoms with E-state index in [1.165, 1.54) is 10.4 Å². The Labute approximate surface area is 131 Å². The van der Waals surface area contributed by atoms with Gasteiger partial charge in [0.1, 0.15) is 18.0 Å². The maximum atomic E-state index is 4.46. The fourth-order valence-electron chi connectivity index (χ4n) is 2.30. The highest BCUT2D eigenvalue weighted by atomic mass is 32.1. The van der Waals surface area contributed by atoms with E-state index in [-0.39, 0.29) is 0 Å². The van der Waals surface area contributed by atoms with Crippen molar-refractivity contribution in [3.8, 4) is 0 Å². The van der Waals surface area contributed by atoms with Gasteiger partial charge < -0.3 is 10.6 Å². The Bertz CT molecular complexity index is 539. The van der Waals surface area contributed by atoms with E-state index in [9.17, 15) is 0 Å². The van der Waals surface area contributed by atoms with Crippen LogP contribution in [0.5, 0.6) is 0 Å². The zero-order valence-electron chi connectivity index (χ0n) is 13.0. The zero-order chi connectivity index (χ0) is 15.1. The molecule has 1 unspecified atom stereocenters. The van der Waals surface area contributed by atoms with Crippen LogP contribution >= 0.6 is 11.3 Å². The normalized spacial score (nSPS) is 12.1. The van der Waals surface area contributed by atoms with Crippen molar-refractivity contribution in [2.24, 2.45) is 0 Å². The number of aromatic nitrogens is 2. The van der Waals surface area contributed by atoms with Gasteiger partial charge in [0.2, 0.25) is 0 Å². The molecule has 4 nitrogen and oxygen atoms in total. The molecule has 0 spiro atoms. The van der Waals surface area contributed by atoms with Crippen LogP contribution in [0.15, 0.2) is 23.8 Å². The third kappa shape index (κ3) is 3.94. The highest BCUT2D eigenvalue weighted by molar-refractivity contribution is 7.10. The minimum absolute atomic E-state index is 0.309. The third-order valence-electron chi connectivity index (χ3n) is 3.45. The van der Waals surface area contributed by atoms with Gasteiger partial charge in [-0.25, -0.2) is 9.97 Å². The molecule has 2 heterocycles. The van der Waals surface area contributed by atoms with Crippen molar-refractivity contribution in [3.63, 3.8) is 0 Å². The number of rotatable bonds is 8. The Hall–Kier alpha value is -1.62. The molecule has 0 aliphatic rings. The molecule has 0 aliphatic carbocycles. The second-order valence-corrected chi connectivity index (χ2v) is 5.93. The van der Waals surface area contributed by atoms with Gasteiger partial charge in [0, 0.05) is 17.0 Å². The minimum atomic E-state index is 0.309. The Kier molecular flexibility index (Phi) is 5.99. The molecule has 0 saturated carbocycles. The first kappa shape index (κ1) is 15.8. The van der Waals surface area contributed by atoms with Gasteiger partial charge in [0.15, 0.2) is 0 Å². The second kappa shape index (κ2) is 7.98. The molecule has 2 aromatic rings. The van der Waals surface area contributed by atoms with Crippen LogP contribution in [0.4, 0.5) is 11.6 Å². The Morgan fingerprint density at radius 3 is 2.62 bits per heavy atom. The quantitative estimate of drug-likeness (QED) is 0.754. The van der Waals surface area contributed by atoms with Crippen LogP contribution in [0.25, 0.3) is 0 Å². The molecule has 0 aromatic carbocycles. The Morgan fingerprint density at radius 2 is 2.00 bits per heavy atom. The largest absolute Gasteiger partial charge is 0.370 e. The van der Waals surface area contributed by atoms with E-state index >= 15 is 0 Å². The molecule has 0 aliphatic heterocycles. The highest BCUT2D eigenvalue weighted by Crippen LogP contribution is 2.28. The molecular weight excluding hydrogens is 280 g/mol. The molecule has 1 atom stereocenters. The first-order chi connectivity index (χ1) is 10.3. The van der Waals surface area contributed by atoms with Crippen molar-refractivity contribution in [3.05, 3.63) is 34.3 Å². The lowest BCUT2D eigenvalue weighted by Crippen LogP contribution is -2.14. The van der Waals surface area contributed by atoms with Crippen molar-refractivity contribution in [1.82, 2.24) is 9.97 Å². The number of thiophene rings is 1. The van der Waals surface area contributed by atoms with Crippen LogP contribution in [0.3, 0.4) is 0 Å². The van der Waals surface area contributed by atoms with Crippen LogP contribution in [0.1, 0.15) is 50.1 Å². The van der Waals surface area contributed by atoms with Crippen LogP contribution in [0.2, 0.25) is 0 Å². The SMILES string of the molecule is CCCNc1ncnc(NC(CC)c2cccs2)c1CC. The molecule has 0 saturated heterocycles. The van der Waals surface area contributed by atoms with Crippen molar-refractivity contribution >= 4 is 23.0 Å². The van der Waals surface area contributed by atoms with Gasteiger partial charge in [0.05, 0.1) is 6.04 Å². The van der Waals surface area contributed by atoms with E-state index < -0.39 is 0 Å². The molecule has 0 bridgehead atoms. The third-order valence-corrected chi connectivity index (χ3v) is 4.43. The smallest absolute Gasteiger partial charge is 0.135 e. The summed E-state index contributed by atoms with van der Waals surface area (Å²) in [5, 5.41) is 9.10. The number of nitrogens with zero attached hydrogens (tertiary/aromatic N) is 2. The number of hydrogen-bond donors (Lipinski definition) is 2. The maximum absolute atomic E-state index is 4.46. The summed E-state index contributed by atoms with van der Waals surface area (Å²) >= 11 is 1.78. The molecule has 2 aromatic heterocycles. The fourth-order valence-corrected chi connectivity index (χ4v) is 3.16.